The first-order valence-electron chi connectivity index (χ1n) is 4.78. The molecule has 1 aliphatic carbocycles. The lowest BCUT2D eigenvalue weighted by Gasteiger charge is -2.15. The maximum Gasteiger partial charge on any atom is 0.360 e. The second kappa shape index (κ2) is 3.44. The average Bonchev–Trinajstić information content (AvgIpc) is 2.59. The molecule has 0 amide bonds. The number of hydrogen-bond donors (Lipinski definition) is 0. The molecule has 0 saturated carbocycles. The molecule has 0 bridgehead atoms. The van der Waals surface area contributed by atoms with Crippen LogP contribution in [0, 0.1) is 5.92 Å². The maximum absolute atomic E-state index is 11.3. The highest BCUT2D eigenvalue weighted by Crippen LogP contribution is 2.27. The molecular weight excluding hydrogens is 182 g/mol. The van der Waals surface area contributed by atoms with E-state index in [2.05, 4.69) is 16.8 Å². The summed E-state index contributed by atoms with van der Waals surface area (Å²) in [6.45, 7) is 2.16. The molecule has 0 aliphatic heterocycles. The van der Waals surface area contributed by atoms with Gasteiger partial charge in [0.15, 0.2) is 5.69 Å². The highest BCUT2D eigenvalue weighted by Gasteiger charge is 2.27. The van der Waals surface area contributed by atoms with Gasteiger partial charge in [-0.3, -0.25) is 0 Å². The normalized spacial score (nSPS) is 20.3. The Kier molecular flexibility index (Phi) is 2.27. The standard InChI is InChI=1S/C10H13NO3/c1-6-3-4-8-7(5-6)9(11-14-8)10(12)13-2/h6H,3-5H2,1-2H3/t6-/m1/s1. The number of nitrogens with zero attached hydrogens (tertiary/aromatic N) is 1. The first-order valence-corrected chi connectivity index (χ1v) is 4.78. The summed E-state index contributed by atoms with van der Waals surface area (Å²) < 4.78 is 9.74. The minimum atomic E-state index is -0.399. The molecule has 76 valence electrons. The van der Waals surface area contributed by atoms with E-state index in [4.69, 9.17) is 4.52 Å². The van der Waals surface area contributed by atoms with Gasteiger partial charge in [-0.25, -0.2) is 4.79 Å². The molecule has 0 radical (unpaired) electrons. The van der Waals surface area contributed by atoms with Crippen LogP contribution in [0.4, 0.5) is 0 Å². The highest BCUT2D eigenvalue weighted by atomic mass is 16.5. The minimum absolute atomic E-state index is 0.356. The fraction of sp³-hybridized carbons (Fsp3) is 0.600. The first kappa shape index (κ1) is 9.24. The Morgan fingerprint density at radius 1 is 1.64 bits per heavy atom. The second-order valence-electron chi connectivity index (χ2n) is 3.77. The summed E-state index contributed by atoms with van der Waals surface area (Å²) in [4.78, 5) is 11.3. The Bertz CT molecular complexity index is 356. The molecule has 1 aliphatic rings. The molecule has 0 unspecified atom stereocenters. The van der Waals surface area contributed by atoms with Crippen molar-refractivity contribution in [2.24, 2.45) is 5.92 Å². The van der Waals surface area contributed by atoms with Crippen LogP contribution in [0.15, 0.2) is 4.52 Å². The van der Waals surface area contributed by atoms with Crippen LogP contribution in [0.25, 0.3) is 0 Å². The predicted molar refractivity (Wildman–Crippen MR) is 49.0 cm³/mol. The average molecular weight is 195 g/mol. The van der Waals surface area contributed by atoms with Gasteiger partial charge in [-0.15, -0.1) is 0 Å². The molecule has 1 aromatic heterocycles. The molecular formula is C10H13NO3. The zero-order valence-electron chi connectivity index (χ0n) is 8.37. The minimum Gasteiger partial charge on any atom is -0.464 e. The summed E-state index contributed by atoms with van der Waals surface area (Å²) in [5.41, 5.74) is 1.30. The molecule has 4 heteroatoms. The third-order valence-corrected chi connectivity index (χ3v) is 2.67. The van der Waals surface area contributed by atoms with Crippen molar-refractivity contribution in [2.75, 3.05) is 7.11 Å². The Morgan fingerprint density at radius 2 is 2.43 bits per heavy atom. The number of aromatic nitrogens is 1. The molecule has 1 aromatic rings. The lowest BCUT2D eigenvalue weighted by molar-refractivity contribution is 0.0588. The summed E-state index contributed by atoms with van der Waals surface area (Å²) in [5.74, 6) is 1.04. The number of carbonyl (C=O) groups is 1. The van der Waals surface area contributed by atoms with Crippen molar-refractivity contribution < 1.29 is 14.1 Å². The van der Waals surface area contributed by atoms with Crippen molar-refractivity contribution >= 4 is 5.97 Å². The third-order valence-electron chi connectivity index (χ3n) is 2.67. The van der Waals surface area contributed by atoms with Crippen molar-refractivity contribution in [3.63, 3.8) is 0 Å². The van der Waals surface area contributed by atoms with Gasteiger partial charge in [0.05, 0.1) is 7.11 Å². The van der Waals surface area contributed by atoms with Gasteiger partial charge in [-0.2, -0.15) is 0 Å². The van der Waals surface area contributed by atoms with Gasteiger partial charge in [0, 0.05) is 12.0 Å². The van der Waals surface area contributed by atoms with E-state index < -0.39 is 5.97 Å². The van der Waals surface area contributed by atoms with Crippen molar-refractivity contribution in [1.29, 1.82) is 0 Å². The predicted octanol–water partition coefficient (Wildman–Crippen LogP) is 1.59. The fourth-order valence-corrected chi connectivity index (χ4v) is 1.84. The molecule has 0 saturated heterocycles. The number of carbonyl (C=O) groups excluding carboxylic acids is 1. The largest absolute Gasteiger partial charge is 0.464 e. The smallest absolute Gasteiger partial charge is 0.360 e. The zero-order valence-corrected chi connectivity index (χ0v) is 8.37. The van der Waals surface area contributed by atoms with E-state index in [-0.39, 0.29) is 0 Å². The Morgan fingerprint density at radius 3 is 3.14 bits per heavy atom. The number of methoxy groups -OCH3 is 1. The number of hydrogen-bond acceptors (Lipinski definition) is 4. The van der Waals surface area contributed by atoms with Crippen LogP contribution in [0.1, 0.15) is 35.2 Å². The Hall–Kier alpha value is -1.32. The van der Waals surface area contributed by atoms with Crippen molar-refractivity contribution in [3.05, 3.63) is 17.0 Å². The van der Waals surface area contributed by atoms with E-state index in [0.717, 1.165) is 30.6 Å². The Balaban J connectivity index is 2.35. The van der Waals surface area contributed by atoms with E-state index in [0.29, 0.717) is 11.6 Å². The molecule has 0 aromatic carbocycles. The summed E-state index contributed by atoms with van der Waals surface area (Å²) in [6, 6.07) is 0. The highest BCUT2D eigenvalue weighted by molar-refractivity contribution is 5.88. The van der Waals surface area contributed by atoms with Crippen molar-refractivity contribution in [3.8, 4) is 0 Å². The summed E-state index contributed by atoms with van der Waals surface area (Å²) in [6.07, 6.45) is 2.84. The van der Waals surface area contributed by atoms with Gasteiger partial charge in [0.2, 0.25) is 0 Å². The SMILES string of the molecule is COC(=O)c1noc2c1C[C@H](C)CC2. The molecule has 0 N–H and O–H groups in total. The van der Waals surface area contributed by atoms with Crippen molar-refractivity contribution in [1.82, 2.24) is 5.16 Å². The Labute approximate surface area is 82.2 Å². The maximum atomic E-state index is 11.3. The van der Waals surface area contributed by atoms with Crippen LogP contribution < -0.4 is 0 Å². The van der Waals surface area contributed by atoms with Crippen LogP contribution in [0.5, 0.6) is 0 Å². The summed E-state index contributed by atoms with van der Waals surface area (Å²) >= 11 is 0. The van der Waals surface area contributed by atoms with Gasteiger partial charge in [-0.1, -0.05) is 12.1 Å². The number of fused-ring (bicyclic) bond motifs is 1. The third kappa shape index (κ3) is 1.41. The molecule has 14 heavy (non-hydrogen) atoms. The van der Waals surface area contributed by atoms with Gasteiger partial charge >= 0.3 is 5.97 Å². The van der Waals surface area contributed by atoms with Crippen LogP contribution in [-0.4, -0.2) is 18.2 Å². The lowest BCUT2D eigenvalue weighted by Crippen LogP contribution is -2.13. The molecule has 0 spiro atoms. The van der Waals surface area contributed by atoms with Crippen LogP contribution in [-0.2, 0) is 17.6 Å². The summed E-state index contributed by atoms with van der Waals surface area (Å²) in [5, 5.41) is 3.75. The van der Waals surface area contributed by atoms with E-state index in [1.807, 2.05) is 0 Å². The zero-order chi connectivity index (χ0) is 10.1. The summed E-state index contributed by atoms with van der Waals surface area (Å²) in [7, 11) is 1.36. The van der Waals surface area contributed by atoms with Crippen LogP contribution >= 0.6 is 0 Å². The quantitative estimate of drug-likeness (QED) is 0.638. The molecule has 2 rings (SSSR count). The van der Waals surface area contributed by atoms with Crippen LogP contribution in [0.2, 0.25) is 0 Å². The van der Waals surface area contributed by atoms with Gasteiger partial charge in [0.25, 0.3) is 0 Å². The van der Waals surface area contributed by atoms with Gasteiger partial charge in [0.1, 0.15) is 5.76 Å². The number of rotatable bonds is 1. The monoisotopic (exact) mass is 195 g/mol. The van der Waals surface area contributed by atoms with E-state index in [1.54, 1.807) is 0 Å². The van der Waals surface area contributed by atoms with E-state index in [1.165, 1.54) is 7.11 Å². The van der Waals surface area contributed by atoms with E-state index >= 15 is 0 Å². The fourth-order valence-electron chi connectivity index (χ4n) is 1.84. The van der Waals surface area contributed by atoms with Crippen molar-refractivity contribution in [2.45, 2.75) is 26.2 Å². The van der Waals surface area contributed by atoms with Gasteiger partial charge in [-0.05, 0) is 18.8 Å². The number of aryl methyl sites for hydroxylation is 1. The first-order chi connectivity index (χ1) is 6.72. The number of esters is 1. The number of ether oxygens (including phenoxy) is 1. The van der Waals surface area contributed by atoms with Crippen LogP contribution in [0.3, 0.4) is 0 Å². The topological polar surface area (TPSA) is 52.3 Å². The molecule has 4 nitrogen and oxygen atoms in total. The second-order valence-corrected chi connectivity index (χ2v) is 3.77. The molecule has 1 heterocycles. The van der Waals surface area contributed by atoms with E-state index in [9.17, 15) is 4.79 Å². The van der Waals surface area contributed by atoms with Gasteiger partial charge < -0.3 is 9.26 Å². The molecule has 1 atom stereocenters. The molecule has 0 fully saturated rings. The lowest BCUT2D eigenvalue weighted by atomic mass is 9.88.